The highest BCUT2D eigenvalue weighted by Gasteiger charge is 2.25. The van der Waals surface area contributed by atoms with Crippen molar-refractivity contribution in [2.75, 3.05) is 18.7 Å². The van der Waals surface area contributed by atoms with Gasteiger partial charge in [0.1, 0.15) is 4.90 Å². The number of nitrogens with zero attached hydrogens (tertiary/aromatic N) is 2. The van der Waals surface area contributed by atoms with E-state index in [1.165, 1.54) is 19.2 Å². The number of urea groups is 1. The molecule has 0 aliphatic heterocycles. The number of aromatic nitrogens is 2. The van der Waals surface area contributed by atoms with Gasteiger partial charge in [0.2, 0.25) is 17.8 Å². The maximum Gasteiger partial charge on any atom is 0.335 e. The molecule has 0 radical (unpaired) electrons. The highest BCUT2D eigenvalue weighted by Crippen LogP contribution is 2.20. The molecule has 1 aromatic heterocycles. The second kappa shape index (κ2) is 7.21. The van der Waals surface area contributed by atoms with E-state index in [-0.39, 0.29) is 5.88 Å². The molecule has 0 fully saturated rings. The predicted octanol–water partition coefficient (Wildman–Crippen LogP) is 0.538. The molecular weight excluding hydrogens is 391 g/mol. The Bertz CT molecular complexity index is 1060. The van der Waals surface area contributed by atoms with Gasteiger partial charge in [0.25, 0.3) is 10.0 Å². The summed E-state index contributed by atoms with van der Waals surface area (Å²) in [5, 5.41) is 1.92. The fourth-order valence-corrected chi connectivity index (χ4v) is 4.38. The van der Waals surface area contributed by atoms with Gasteiger partial charge in [-0.25, -0.2) is 26.4 Å². The van der Waals surface area contributed by atoms with Gasteiger partial charge in [0.05, 0.1) is 18.1 Å². The van der Waals surface area contributed by atoms with Crippen LogP contribution in [0, 0.1) is 5.95 Å². The van der Waals surface area contributed by atoms with Crippen LogP contribution in [0.25, 0.3) is 0 Å². The van der Waals surface area contributed by atoms with E-state index in [1.807, 2.05) is 5.32 Å². The molecule has 0 aliphatic rings. The Hall–Kier alpha value is -2.80. The second-order valence-corrected chi connectivity index (χ2v) is 8.47. The summed E-state index contributed by atoms with van der Waals surface area (Å²) in [7, 11) is -7.20. The summed E-state index contributed by atoms with van der Waals surface area (Å²) < 4.78 is 67.6. The molecule has 10 nitrogen and oxygen atoms in total. The van der Waals surface area contributed by atoms with Crippen LogP contribution in [0.4, 0.5) is 15.1 Å². The normalized spacial score (nSPS) is 11.7. The molecule has 2 N–H and O–H groups in total. The minimum absolute atomic E-state index is 0.196. The van der Waals surface area contributed by atoms with Crippen molar-refractivity contribution in [1.82, 2.24) is 14.7 Å². The van der Waals surface area contributed by atoms with Crippen LogP contribution in [-0.4, -0.2) is 46.2 Å². The first-order valence-corrected chi connectivity index (χ1v) is 10.1. The van der Waals surface area contributed by atoms with Crippen molar-refractivity contribution in [2.45, 2.75) is 9.79 Å². The molecule has 0 bridgehead atoms. The molecule has 0 saturated carbocycles. The van der Waals surface area contributed by atoms with Crippen LogP contribution in [0.3, 0.4) is 0 Å². The first-order chi connectivity index (χ1) is 12.0. The average Bonchev–Trinajstić information content (AvgIpc) is 2.52. The molecule has 1 heterocycles. The lowest BCUT2D eigenvalue weighted by Crippen LogP contribution is -2.35. The Kier molecular flexibility index (Phi) is 5.41. The van der Waals surface area contributed by atoms with Gasteiger partial charge in [-0.05, 0) is 12.1 Å². The summed E-state index contributed by atoms with van der Waals surface area (Å²) in [5.74, 6) is -1.76. The van der Waals surface area contributed by atoms with E-state index in [0.29, 0.717) is 0 Å². The monoisotopic (exact) mass is 404 g/mol. The zero-order valence-electron chi connectivity index (χ0n) is 13.4. The van der Waals surface area contributed by atoms with Gasteiger partial charge >= 0.3 is 6.03 Å². The molecule has 0 saturated heterocycles. The zero-order chi connectivity index (χ0) is 19.5. The van der Waals surface area contributed by atoms with Crippen molar-refractivity contribution in [2.24, 2.45) is 0 Å². The third-order valence-corrected chi connectivity index (χ3v) is 5.54. The molecule has 2 aromatic rings. The molecule has 13 heteroatoms. The third-order valence-electron chi connectivity index (χ3n) is 2.87. The first kappa shape index (κ1) is 19.5. The minimum Gasteiger partial charge on any atom is -0.481 e. The number of rotatable bonds is 5. The van der Waals surface area contributed by atoms with Crippen molar-refractivity contribution in [3.8, 4) is 5.88 Å². The summed E-state index contributed by atoms with van der Waals surface area (Å²) in [6.07, 6.45) is 0.828. The number of halogens is 1. The van der Waals surface area contributed by atoms with Crippen molar-refractivity contribution < 1.29 is 30.8 Å². The van der Waals surface area contributed by atoms with E-state index >= 15 is 0 Å². The molecule has 0 spiro atoms. The summed E-state index contributed by atoms with van der Waals surface area (Å²) in [6, 6.07) is 4.27. The number of hydrogen-bond donors (Lipinski definition) is 2. The zero-order valence-corrected chi connectivity index (χ0v) is 15.1. The molecule has 0 aliphatic carbocycles. The molecular formula is C13H13FN4O6S2. The third kappa shape index (κ3) is 4.64. The van der Waals surface area contributed by atoms with Crippen LogP contribution in [0.5, 0.6) is 5.88 Å². The number of carbonyl (C=O) groups is 1. The van der Waals surface area contributed by atoms with E-state index in [9.17, 15) is 26.0 Å². The summed E-state index contributed by atoms with van der Waals surface area (Å²) in [5.41, 5.74) is 0. The number of sulfone groups is 1. The van der Waals surface area contributed by atoms with Gasteiger partial charge in [-0.1, -0.05) is 12.1 Å². The predicted molar refractivity (Wildman–Crippen MR) is 87.4 cm³/mol. The second-order valence-electron chi connectivity index (χ2n) is 4.84. The van der Waals surface area contributed by atoms with E-state index in [2.05, 4.69) is 9.97 Å². The Morgan fingerprint density at radius 3 is 2.31 bits per heavy atom. The summed E-state index contributed by atoms with van der Waals surface area (Å²) >= 11 is 0. The van der Waals surface area contributed by atoms with E-state index in [1.54, 1.807) is 4.72 Å². The van der Waals surface area contributed by atoms with Crippen molar-refractivity contribution in [3.05, 3.63) is 36.3 Å². The van der Waals surface area contributed by atoms with Gasteiger partial charge in [0.15, 0.2) is 9.84 Å². The number of carbonyl (C=O) groups excluding carboxylic acids is 1. The van der Waals surface area contributed by atoms with Crippen LogP contribution in [0.15, 0.2) is 40.1 Å². The molecule has 0 atom stereocenters. The highest BCUT2D eigenvalue weighted by molar-refractivity contribution is 7.93. The lowest BCUT2D eigenvalue weighted by molar-refractivity contribution is 0.256. The molecule has 140 valence electrons. The van der Waals surface area contributed by atoms with Gasteiger partial charge in [-0.15, -0.1) is 0 Å². The van der Waals surface area contributed by atoms with Gasteiger partial charge in [0, 0.05) is 6.26 Å². The maximum atomic E-state index is 13.3. The SMILES string of the molecule is COc1cc(F)nc(NC(=O)NS(=O)(=O)c2ccccc2S(C)(=O)=O)n1. The van der Waals surface area contributed by atoms with Crippen molar-refractivity contribution >= 4 is 31.8 Å². The van der Waals surface area contributed by atoms with E-state index in [4.69, 9.17) is 4.74 Å². The number of ether oxygens (including phenoxy) is 1. The Balaban J connectivity index is 2.28. The Morgan fingerprint density at radius 2 is 1.73 bits per heavy atom. The number of hydrogen-bond acceptors (Lipinski definition) is 8. The van der Waals surface area contributed by atoms with E-state index in [0.717, 1.165) is 24.5 Å². The lowest BCUT2D eigenvalue weighted by Gasteiger charge is -2.11. The number of anilines is 1. The van der Waals surface area contributed by atoms with Crippen LogP contribution >= 0.6 is 0 Å². The fourth-order valence-electron chi connectivity index (χ4n) is 1.84. The van der Waals surface area contributed by atoms with Crippen LogP contribution in [-0.2, 0) is 19.9 Å². The van der Waals surface area contributed by atoms with Crippen molar-refractivity contribution in [1.29, 1.82) is 0 Å². The first-order valence-electron chi connectivity index (χ1n) is 6.74. The lowest BCUT2D eigenvalue weighted by atomic mass is 10.4. The number of sulfonamides is 1. The van der Waals surface area contributed by atoms with Gasteiger partial charge < -0.3 is 4.74 Å². The smallest absolute Gasteiger partial charge is 0.335 e. The van der Waals surface area contributed by atoms with E-state index < -0.39 is 47.6 Å². The number of methoxy groups -OCH3 is 1. The number of nitrogens with one attached hydrogen (secondary N) is 2. The Labute approximate surface area is 148 Å². The number of benzene rings is 1. The van der Waals surface area contributed by atoms with Crippen LogP contribution in [0.2, 0.25) is 0 Å². The topological polar surface area (TPSA) is 144 Å². The molecule has 26 heavy (non-hydrogen) atoms. The molecule has 1 aromatic carbocycles. The average molecular weight is 404 g/mol. The summed E-state index contributed by atoms with van der Waals surface area (Å²) in [4.78, 5) is 17.7. The fraction of sp³-hybridized carbons (Fsp3) is 0.154. The number of amides is 2. The molecule has 0 unspecified atom stereocenters. The van der Waals surface area contributed by atoms with Crippen LogP contribution in [0.1, 0.15) is 0 Å². The van der Waals surface area contributed by atoms with Crippen molar-refractivity contribution in [3.63, 3.8) is 0 Å². The molecule has 2 rings (SSSR count). The van der Waals surface area contributed by atoms with Crippen LogP contribution < -0.4 is 14.8 Å². The van der Waals surface area contributed by atoms with Gasteiger partial charge in [-0.3, -0.25) is 5.32 Å². The quantitative estimate of drug-likeness (QED) is 0.687. The standard InChI is InChI=1S/C13H13FN4O6S2/c1-24-11-7-10(14)15-12(16-11)17-13(19)18-26(22,23)9-6-4-3-5-8(9)25(2,20)21/h3-7H,1-2H3,(H2,15,16,17,18,19). The highest BCUT2D eigenvalue weighted by atomic mass is 32.2. The minimum atomic E-state index is -4.54. The Morgan fingerprint density at radius 1 is 1.12 bits per heavy atom. The van der Waals surface area contributed by atoms with Gasteiger partial charge in [-0.2, -0.15) is 14.4 Å². The summed E-state index contributed by atoms with van der Waals surface area (Å²) in [6.45, 7) is 0. The maximum absolute atomic E-state index is 13.3. The molecule has 2 amide bonds. The largest absolute Gasteiger partial charge is 0.481 e.